The van der Waals surface area contributed by atoms with Gasteiger partial charge in [-0.3, -0.25) is 9.59 Å². The van der Waals surface area contributed by atoms with E-state index in [0.29, 0.717) is 32.5 Å². The summed E-state index contributed by atoms with van der Waals surface area (Å²) in [7, 11) is 0. The average Bonchev–Trinajstić information content (AvgIpc) is 3.05. The van der Waals surface area contributed by atoms with E-state index >= 15 is 0 Å². The maximum Gasteiger partial charge on any atom is 0.306 e. The first-order chi connectivity index (χ1) is 13.3. The smallest absolute Gasteiger partial charge is 0.306 e. The van der Waals surface area contributed by atoms with Crippen molar-refractivity contribution in [3.8, 4) is 5.75 Å². The number of aryl methyl sites for hydroxylation is 2. The van der Waals surface area contributed by atoms with Crippen molar-refractivity contribution in [1.82, 2.24) is 4.90 Å². The van der Waals surface area contributed by atoms with Crippen LogP contribution in [-0.4, -0.2) is 41.6 Å². The van der Waals surface area contributed by atoms with Gasteiger partial charge < -0.3 is 19.2 Å². The molecule has 0 spiro atoms. The minimum atomic E-state index is -0.778. The van der Waals surface area contributed by atoms with Crippen molar-refractivity contribution < 1.29 is 23.8 Å². The summed E-state index contributed by atoms with van der Waals surface area (Å²) in [6, 6.07) is 2.02. The molecule has 0 bridgehead atoms. The second-order valence-electron chi connectivity index (χ2n) is 7.37. The fourth-order valence-electron chi connectivity index (χ4n) is 3.76. The molecule has 1 aliphatic rings. The van der Waals surface area contributed by atoms with Crippen molar-refractivity contribution in [2.45, 2.75) is 40.5 Å². The molecule has 1 aromatic heterocycles. The summed E-state index contributed by atoms with van der Waals surface area (Å²) >= 11 is 0. The third kappa shape index (κ3) is 3.77. The lowest BCUT2D eigenvalue weighted by Gasteiger charge is -2.29. The monoisotopic (exact) mass is 385 g/mol. The molecule has 1 saturated heterocycles. The molecule has 0 atom stereocenters. The van der Waals surface area contributed by atoms with E-state index in [4.69, 9.17) is 14.3 Å². The Morgan fingerprint density at radius 3 is 2.61 bits per heavy atom. The van der Waals surface area contributed by atoms with Gasteiger partial charge in [0.1, 0.15) is 11.3 Å². The van der Waals surface area contributed by atoms with Crippen molar-refractivity contribution in [3.05, 3.63) is 35.1 Å². The molecule has 150 valence electrons. The van der Waals surface area contributed by atoms with Gasteiger partial charge in [-0.2, -0.15) is 0 Å². The van der Waals surface area contributed by atoms with Gasteiger partial charge in [-0.1, -0.05) is 0 Å². The first-order valence-electron chi connectivity index (χ1n) is 9.68. The van der Waals surface area contributed by atoms with Gasteiger partial charge in [-0.25, -0.2) is 0 Å². The van der Waals surface area contributed by atoms with Gasteiger partial charge in [-0.15, -0.1) is 0 Å². The highest BCUT2D eigenvalue weighted by Gasteiger charge is 2.26. The fraction of sp³-hybridized carbons (Fsp3) is 0.455. The molecule has 6 nitrogen and oxygen atoms in total. The number of allylic oxidation sites excluding steroid dienone is 1. The lowest BCUT2D eigenvalue weighted by molar-refractivity contribution is -0.144. The number of ether oxygens (including phenoxy) is 1. The number of carboxylic acid groups (broad SMARTS) is 1. The maximum atomic E-state index is 12.7. The minimum absolute atomic E-state index is 0.0922. The number of hydrogen-bond acceptors (Lipinski definition) is 4. The van der Waals surface area contributed by atoms with Crippen LogP contribution in [0.25, 0.3) is 16.5 Å². The van der Waals surface area contributed by atoms with Gasteiger partial charge in [0.25, 0.3) is 0 Å². The van der Waals surface area contributed by atoms with E-state index in [1.165, 1.54) is 0 Å². The van der Waals surface area contributed by atoms with E-state index < -0.39 is 5.97 Å². The first-order valence-corrected chi connectivity index (χ1v) is 9.68. The van der Waals surface area contributed by atoms with Crippen LogP contribution in [0.15, 0.2) is 22.8 Å². The minimum Gasteiger partial charge on any atom is -0.493 e. The van der Waals surface area contributed by atoms with Crippen LogP contribution in [0.2, 0.25) is 0 Å². The average molecular weight is 385 g/mol. The van der Waals surface area contributed by atoms with Crippen LogP contribution >= 0.6 is 0 Å². The molecule has 1 fully saturated rings. The van der Waals surface area contributed by atoms with Crippen LogP contribution in [-0.2, 0) is 9.59 Å². The predicted molar refractivity (Wildman–Crippen MR) is 107 cm³/mol. The number of piperidine rings is 1. The number of rotatable bonds is 5. The number of fused-ring (bicyclic) bond motifs is 1. The largest absolute Gasteiger partial charge is 0.493 e. The van der Waals surface area contributed by atoms with Crippen molar-refractivity contribution in [2.24, 2.45) is 5.92 Å². The van der Waals surface area contributed by atoms with E-state index in [1.54, 1.807) is 17.2 Å². The number of carbonyl (C=O) groups is 2. The Morgan fingerprint density at radius 1 is 1.32 bits per heavy atom. The zero-order chi connectivity index (χ0) is 20.4. The van der Waals surface area contributed by atoms with Gasteiger partial charge in [0, 0.05) is 35.7 Å². The molecule has 6 heteroatoms. The summed E-state index contributed by atoms with van der Waals surface area (Å²) in [4.78, 5) is 25.6. The maximum absolute atomic E-state index is 12.7. The topological polar surface area (TPSA) is 80.0 Å². The highest BCUT2D eigenvalue weighted by atomic mass is 16.5. The third-order valence-electron chi connectivity index (χ3n) is 5.45. The van der Waals surface area contributed by atoms with E-state index in [9.17, 15) is 9.59 Å². The Morgan fingerprint density at radius 2 is 2.00 bits per heavy atom. The highest BCUT2D eigenvalue weighted by molar-refractivity contribution is 5.98. The third-order valence-corrected chi connectivity index (χ3v) is 5.45. The van der Waals surface area contributed by atoms with Crippen LogP contribution < -0.4 is 4.74 Å². The normalized spacial score (nSPS) is 15.9. The van der Waals surface area contributed by atoms with Gasteiger partial charge in [0.2, 0.25) is 5.91 Å². The number of carboxylic acids is 1. The van der Waals surface area contributed by atoms with E-state index in [-0.39, 0.29) is 11.8 Å². The summed E-state index contributed by atoms with van der Waals surface area (Å²) in [6.45, 7) is 9.24. The number of carbonyl (C=O) groups excluding carboxylic acids is 1. The molecular formula is C22H27NO5. The Hall–Kier alpha value is -2.76. The number of hydrogen-bond donors (Lipinski definition) is 1. The van der Waals surface area contributed by atoms with Crippen LogP contribution in [0.5, 0.6) is 5.75 Å². The zero-order valence-electron chi connectivity index (χ0n) is 16.9. The van der Waals surface area contributed by atoms with E-state index in [1.807, 2.05) is 33.8 Å². The molecule has 28 heavy (non-hydrogen) atoms. The summed E-state index contributed by atoms with van der Waals surface area (Å²) < 4.78 is 11.6. The van der Waals surface area contributed by atoms with Crippen LogP contribution in [0.4, 0.5) is 0 Å². The molecule has 0 saturated carbocycles. The van der Waals surface area contributed by atoms with E-state index in [2.05, 4.69) is 0 Å². The summed E-state index contributed by atoms with van der Waals surface area (Å²) in [5, 5.41) is 10.1. The van der Waals surface area contributed by atoms with Crippen LogP contribution in [0, 0.1) is 19.8 Å². The number of nitrogens with zero attached hydrogens (tertiary/aromatic N) is 1. The van der Waals surface area contributed by atoms with Gasteiger partial charge >= 0.3 is 5.97 Å². The number of benzene rings is 1. The van der Waals surface area contributed by atoms with Crippen molar-refractivity contribution >= 4 is 28.4 Å². The molecule has 1 amide bonds. The second kappa shape index (κ2) is 8.09. The van der Waals surface area contributed by atoms with Crippen LogP contribution in [0.1, 0.15) is 43.4 Å². The number of amides is 1. The predicted octanol–water partition coefficient (Wildman–Crippen LogP) is 4.17. The molecule has 2 aromatic rings. The van der Waals surface area contributed by atoms with Gasteiger partial charge in [0.15, 0.2) is 0 Å². The summed E-state index contributed by atoms with van der Waals surface area (Å²) in [6.07, 6.45) is 4.35. The first kappa shape index (κ1) is 20.0. The standard InChI is InChI=1S/C22H27NO5/c1-5-27-20-15(4)21-18(14(3)12-28-21)11-17(20)13(2)10-19(24)23-8-6-16(7-9-23)22(25)26/h10-12,16H,5-9H2,1-4H3,(H,25,26)/b13-10+. The van der Waals surface area contributed by atoms with Gasteiger partial charge in [0.05, 0.1) is 18.8 Å². The molecule has 1 aromatic carbocycles. The number of furan rings is 1. The Kier molecular flexibility index (Phi) is 5.77. The number of aliphatic carboxylic acids is 1. The van der Waals surface area contributed by atoms with Crippen molar-refractivity contribution in [3.63, 3.8) is 0 Å². The molecule has 1 aliphatic heterocycles. The molecular weight excluding hydrogens is 358 g/mol. The fourth-order valence-corrected chi connectivity index (χ4v) is 3.76. The number of likely N-dealkylation sites (tertiary alicyclic amines) is 1. The zero-order valence-corrected chi connectivity index (χ0v) is 16.9. The molecule has 0 aliphatic carbocycles. The summed E-state index contributed by atoms with van der Waals surface area (Å²) in [5.74, 6) is -0.492. The molecule has 0 unspecified atom stereocenters. The van der Waals surface area contributed by atoms with Crippen molar-refractivity contribution in [1.29, 1.82) is 0 Å². The summed E-state index contributed by atoms with van der Waals surface area (Å²) in [5.41, 5.74) is 4.46. The Balaban J connectivity index is 1.90. The lowest BCUT2D eigenvalue weighted by Crippen LogP contribution is -2.39. The molecule has 2 heterocycles. The van der Waals surface area contributed by atoms with E-state index in [0.717, 1.165) is 39.0 Å². The quantitative estimate of drug-likeness (QED) is 0.781. The molecule has 0 radical (unpaired) electrons. The Bertz CT molecular complexity index is 932. The lowest BCUT2D eigenvalue weighted by atomic mass is 9.96. The van der Waals surface area contributed by atoms with Gasteiger partial charge in [-0.05, 0) is 57.7 Å². The SMILES string of the molecule is CCOc1c(/C(C)=C/C(=O)N2CCC(C(=O)O)CC2)cc2c(C)coc2c1C. The second-order valence-corrected chi connectivity index (χ2v) is 7.37. The van der Waals surface area contributed by atoms with Crippen molar-refractivity contribution in [2.75, 3.05) is 19.7 Å². The molecule has 1 N–H and O–H groups in total. The Labute approximate surface area is 164 Å². The highest BCUT2D eigenvalue weighted by Crippen LogP contribution is 2.37. The molecule has 3 rings (SSSR count). The van der Waals surface area contributed by atoms with Crippen LogP contribution in [0.3, 0.4) is 0 Å².